The van der Waals surface area contributed by atoms with Crippen LogP contribution in [0.2, 0.25) is 0 Å². The highest BCUT2D eigenvalue weighted by Gasteiger charge is 1.99. The largest absolute Gasteiger partial charge is 0.463 e. The second kappa shape index (κ2) is 8.30. The van der Waals surface area contributed by atoms with Gasteiger partial charge in [-0.25, -0.2) is 4.79 Å². The van der Waals surface area contributed by atoms with Gasteiger partial charge in [0.25, 0.3) is 0 Å². The van der Waals surface area contributed by atoms with Crippen molar-refractivity contribution in [2.24, 2.45) is 0 Å². The number of carbonyl (C=O) groups is 1. The average Bonchev–Trinajstić information content (AvgIpc) is 2.12. The molecule has 2 nitrogen and oxygen atoms in total. The summed E-state index contributed by atoms with van der Waals surface area (Å²) in [6.45, 7) is 4.59. The zero-order valence-corrected chi connectivity index (χ0v) is 9.84. The van der Waals surface area contributed by atoms with E-state index in [0.717, 1.165) is 19.3 Å². The summed E-state index contributed by atoms with van der Waals surface area (Å²) in [5.74, 6) is -0.248. The Morgan fingerprint density at radius 2 is 2.15 bits per heavy atom. The molecule has 0 aromatic heterocycles. The molecule has 0 heterocycles. The summed E-state index contributed by atoms with van der Waals surface area (Å²) in [5, 5.41) is 0. The highest BCUT2D eigenvalue weighted by molar-refractivity contribution is 9.09. The zero-order valence-electron chi connectivity index (χ0n) is 8.25. The van der Waals surface area contributed by atoms with Crippen molar-refractivity contribution in [2.75, 3.05) is 6.61 Å². The first-order valence-electron chi connectivity index (χ1n) is 4.69. The summed E-state index contributed by atoms with van der Waals surface area (Å²) in [6.07, 6.45) is 6.33. The van der Waals surface area contributed by atoms with E-state index in [2.05, 4.69) is 22.9 Å². The van der Waals surface area contributed by atoms with Gasteiger partial charge in [-0.15, -0.1) is 0 Å². The van der Waals surface area contributed by atoms with Crippen molar-refractivity contribution in [3.8, 4) is 0 Å². The summed E-state index contributed by atoms with van der Waals surface area (Å²) >= 11 is 3.44. The van der Waals surface area contributed by atoms with Gasteiger partial charge in [-0.2, -0.15) is 0 Å². The smallest absolute Gasteiger partial charge is 0.330 e. The molecule has 0 aliphatic carbocycles. The number of hydrogen-bond donors (Lipinski definition) is 0. The molecule has 0 N–H and O–H groups in total. The van der Waals surface area contributed by atoms with E-state index in [1.165, 1.54) is 6.08 Å². The van der Waals surface area contributed by atoms with Crippen molar-refractivity contribution in [2.45, 2.75) is 37.9 Å². The minimum atomic E-state index is -0.248. The maximum Gasteiger partial charge on any atom is 0.330 e. The third-order valence-corrected chi connectivity index (χ3v) is 2.22. The predicted molar refractivity (Wildman–Crippen MR) is 58.0 cm³/mol. The van der Waals surface area contributed by atoms with E-state index in [0.29, 0.717) is 6.61 Å². The van der Waals surface area contributed by atoms with Crippen LogP contribution in [-0.4, -0.2) is 17.4 Å². The number of alkyl halides is 1. The third kappa shape index (κ3) is 8.03. The van der Waals surface area contributed by atoms with Crippen LogP contribution in [0.25, 0.3) is 0 Å². The molecule has 0 rings (SSSR count). The lowest BCUT2D eigenvalue weighted by Gasteiger charge is -2.01. The molecule has 3 heteroatoms. The number of hydrogen-bond acceptors (Lipinski definition) is 2. The Bertz CT molecular complexity index is 166. The molecule has 1 unspecified atom stereocenters. The van der Waals surface area contributed by atoms with Crippen molar-refractivity contribution in [3.63, 3.8) is 0 Å². The van der Waals surface area contributed by atoms with E-state index in [9.17, 15) is 4.79 Å². The Kier molecular flexibility index (Phi) is 8.10. The number of ether oxygens (including phenoxy) is 1. The van der Waals surface area contributed by atoms with Gasteiger partial charge in [0.2, 0.25) is 0 Å². The fourth-order valence-corrected chi connectivity index (χ4v) is 1.42. The topological polar surface area (TPSA) is 26.3 Å². The van der Waals surface area contributed by atoms with E-state index in [4.69, 9.17) is 4.74 Å². The lowest BCUT2D eigenvalue weighted by molar-refractivity contribution is -0.137. The highest BCUT2D eigenvalue weighted by atomic mass is 79.9. The van der Waals surface area contributed by atoms with Crippen molar-refractivity contribution < 1.29 is 9.53 Å². The van der Waals surface area contributed by atoms with E-state index < -0.39 is 0 Å². The fraction of sp³-hybridized carbons (Fsp3) is 0.700. The number of allylic oxidation sites excluding steroid dienone is 1. The van der Waals surface area contributed by atoms with Gasteiger partial charge in [-0.05, 0) is 12.8 Å². The summed E-state index contributed by atoms with van der Waals surface area (Å²) in [4.78, 5) is 11.3. The number of halogens is 1. The summed E-state index contributed by atoms with van der Waals surface area (Å²) in [5.41, 5.74) is 0. The lowest BCUT2D eigenvalue weighted by Crippen LogP contribution is -2.02. The normalized spacial score (nSPS) is 13.2. The van der Waals surface area contributed by atoms with Gasteiger partial charge < -0.3 is 4.74 Å². The van der Waals surface area contributed by atoms with E-state index in [-0.39, 0.29) is 10.8 Å². The lowest BCUT2D eigenvalue weighted by atomic mass is 10.2. The Labute approximate surface area is 88.5 Å². The molecule has 76 valence electrons. The minimum absolute atomic E-state index is 0.248. The van der Waals surface area contributed by atoms with Gasteiger partial charge in [0.1, 0.15) is 0 Å². The standard InChI is InChI=1S/C10H17BrO2/c1-3-5-9(11)6-7-10(12)13-8-4-2/h6-7,9H,3-5,8H2,1-2H3/b7-6+. The van der Waals surface area contributed by atoms with E-state index >= 15 is 0 Å². The maximum atomic E-state index is 11.0. The molecule has 1 atom stereocenters. The first-order chi connectivity index (χ1) is 6.20. The van der Waals surface area contributed by atoms with Gasteiger partial charge >= 0.3 is 5.97 Å². The molecular formula is C10H17BrO2. The van der Waals surface area contributed by atoms with Crippen molar-refractivity contribution in [3.05, 3.63) is 12.2 Å². The van der Waals surface area contributed by atoms with Crippen LogP contribution in [0, 0.1) is 0 Å². The maximum absolute atomic E-state index is 11.0. The fourth-order valence-electron chi connectivity index (χ4n) is 0.806. The molecule has 0 radical (unpaired) electrons. The van der Waals surface area contributed by atoms with E-state index in [1.54, 1.807) is 0 Å². The van der Waals surface area contributed by atoms with Gasteiger partial charge in [0, 0.05) is 10.9 Å². The van der Waals surface area contributed by atoms with Crippen LogP contribution in [0.5, 0.6) is 0 Å². The Balaban J connectivity index is 3.63. The molecule has 0 saturated heterocycles. The molecule has 0 aliphatic heterocycles. The van der Waals surface area contributed by atoms with Crippen LogP contribution < -0.4 is 0 Å². The minimum Gasteiger partial charge on any atom is -0.463 e. The molecule has 0 aliphatic rings. The van der Waals surface area contributed by atoms with Crippen LogP contribution >= 0.6 is 15.9 Å². The van der Waals surface area contributed by atoms with Crippen LogP contribution in [0.4, 0.5) is 0 Å². The summed E-state index contributed by atoms with van der Waals surface area (Å²) < 4.78 is 4.87. The predicted octanol–water partition coefficient (Wildman–Crippen LogP) is 3.06. The number of esters is 1. The molecule has 0 spiro atoms. The quantitative estimate of drug-likeness (QED) is 0.411. The molecular weight excluding hydrogens is 232 g/mol. The second-order valence-corrected chi connectivity index (χ2v) is 4.01. The summed E-state index contributed by atoms with van der Waals surface area (Å²) in [6, 6.07) is 0. The van der Waals surface area contributed by atoms with Crippen LogP contribution in [0.3, 0.4) is 0 Å². The van der Waals surface area contributed by atoms with Gasteiger partial charge in [-0.3, -0.25) is 0 Å². The molecule has 0 amide bonds. The molecule has 0 aromatic rings. The van der Waals surface area contributed by atoms with Crippen molar-refractivity contribution in [1.29, 1.82) is 0 Å². The average molecular weight is 249 g/mol. The number of rotatable bonds is 6. The second-order valence-electron chi connectivity index (χ2n) is 2.83. The molecule has 13 heavy (non-hydrogen) atoms. The van der Waals surface area contributed by atoms with E-state index in [1.807, 2.05) is 13.0 Å². The van der Waals surface area contributed by atoms with Gasteiger partial charge in [-0.1, -0.05) is 42.3 Å². The van der Waals surface area contributed by atoms with Gasteiger partial charge in [0.05, 0.1) is 6.61 Å². The summed E-state index contributed by atoms with van der Waals surface area (Å²) in [7, 11) is 0. The van der Waals surface area contributed by atoms with Gasteiger partial charge in [0.15, 0.2) is 0 Å². The van der Waals surface area contributed by atoms with Crippen molar-refractivity contribution >= 4 is 21.9 Å². The Hall–Kier alpha value is -0.310. The monoisotopic (exact) mass is 248 g/mol. The Morgan fingerprint density at radius 1 is 1.46 bits per heavy atom. The SMILES string of the molecule is CCCOC(=O)/C=C/C(Br)CCC. The molecule has 0 bridgehead atoms. The molecule has 0 saturated carbocycles. The molecule has 0 fully saturated rings. The first kappa shape index (κ1) is 12.7. The van der Waals surface area contributed by atoms with Crippen LogP contribution in [0.15, 0.2) is 12.2 Å². The number of carbonyl (C=O) groups excluding carboxylic acids is 1. The van der Waals surface area contributed by atoms with Crippen LogP contribution in [-0.2, 0) is 9.53 Å². The Morgan fingerprint density at radius 3 is 2.69 bits per heavy atom. The third-order valence-electron chi connectivity index (χ3n) is 1.45. The first-order valence-corrected chi connectivity index (χ1v) is 5.61. The molecule has 0 aromatic carbocycles. The van der Waals surface area contributed by atoms with Crippen molar-refractivity contribution in [1.82, 2.24) is 0 Å². The zero-order chi connectivity index (χ0) is 10.1. The highest BCUT2D eigenvalue weighted by Crippen LogP contribution is 2.08. The van der Waals surface area contributed by atoms with Crippen LogP contribution in [0.1, 0.15) is 33.1 Å².